The van der Waals surface area contributed by atoms with Crippen molar-refractivity contribution in [2.24, 2.45) is 0 Å². The van der Waals surface area contributed by atoms with Crippen LogP contribution >= 0.6 is 0 Å². The lowest BCUT2D eigenvalue weighted by atomic mass is 10.0. The van der Waals surface area contributed by atoms with E-state index in [-0.39, 0.29) is 31.1 Å². The lowest BCUT2D eigenvalue weighted by Gasteiger charge is -2.18. The summed E-state index contributed by atoms with van der Waals surface area (Å²) in [6, 6.07) is 0. The summed E-state index contributed by atoms with van der Waals surface area (Å²) < 4.78 is 16.6. The summed E-state index contributed by atoms with van der Waals surface area (Å²) in [5.41, 5.74) is 0. The Morgan fingerprint density at radius 2 is 0.736 bits per heavy atom. The van der Waals surface area contributed by atoms with Crippen LogP contribution in [-0.4, -0.2) is 37.2 Å². The topological polar surface area (TPSA) is 78.9 Å². The molecule has 0 bridgehead atoms. The molecule has 0 saturated carbocycles. The van der Waals surface area contributed by atoms with Gasteiger partial charge in [-0.1, -0.05) is 199 Å². The summed E-state index contributed by atoms with van der Waals surface area (Å²) in [4.78, 5) is 37.6. The van der Waals surface area contributed by atoms with Gasteiger partial charge in [0.05, 0.1) is 0 Å². The standard InChI is InChI=1S/C47H86O6/c1-4-7-10-13-16-19-21-22-23-24-25-26-29-31-34-37-40-46(49)52-43-44(42-51-45(48)39-36-33-30-27-18-15-12-9-6-3)53-47(50)41-38-35-32-28-20-17-14-11-8-5-2/h9,12,18,27,44H,4-8,10-11,13-17,19-26,28-43H2,1-3H3/b12-9-,27-18-. The molecule has 0 N–H and O–H groups in total. The van der Waals surface area contributed by atoms with Crippen LogP contribution in [0.3, 0.4) is 0 Å². The predicted octanol–water partition coefficient (Wildman–Crippen LogP) is 14.4. The Morgan fingerprint density at radius 3 is 1.13 bits per heavy atom. The number of allylic oxidation sites excluding steroid dienone is 4. The summed E-state index contributed by atoms with van der Waals surface area (Å²) in [5, 5.41) is 0. The van der Waals surface area contributed by atoms with E-state index in [0.717, 1.165) is 70.6 Å². The molecule has 1 unspecified atom stereocenters. The van der Waals surface area contributed by atoms with Gasteiger partial charge in [-0.15, -0.1) is 0 Å². The van der Waals surface area contributed by atoms with E-state index in [9.17, 15) is 14.4 Å². The highest BCUT2D eigenvalue weighted by Gasteiger charge is 2.19. The number of esters is 3. The monoisotopic (exact) mass is 747 g/mol. The van der Waals surface area contributed by atoms with Crippen LogP contribution in [0, 0.1) is 0 Å². The summed E-state index contributed by atoms with van der Waals surface area (Å²) in [6.45, 7) is 6.48. The number of carbonyl (C=O) groups excluding carboxylic acids is 3. The van der Waals surface area contributed by atoms with Crippen molar-refractivity contribution in [2.75, 3.05) is 13.2 Å². The fourth-order valence-electron chi connectivity index (χ4n) is 6.54. The van der Waals surface area contributed by atoms with E-state index in [2.05, 4.69) is 45.1 Å². The average Bonchev–Trinajstić information content (AvgIpc) is 3.15. The van der Waals surface area contributed by atoms with Crippen LogP contribution in [-0.2, 0) is 28.6 Å². The fraction of sp³-hybridized carbons (Fsp3) is 0.851. The Labute approximate surface area is 328 Å². The lowest BCUT2D eigenvalue weighted by Crippen LogP contribution is -2.30. The third-order valence-electron chi connectivity index (χ3n) is 9.97. The van der Waals surface area contributed by atoms with Crippen LogP contribution in [0.2, 0.25) is 0 Å². The first-order valence-corrected chi connectivity index (χ1v) is 22.8. The third kappa shape index (κ3) is 40.9. The summed E-state index contributed by atoms with van der Waals surface area (Å²) in [5.74, 6) is -0.911. The van der Waals surface area contributed by atoms with Crippen LogP contribution in [0.5, 0.6) is 0 Å². The van der Waals surface area contributed by atoms with Gasteiger partial charge in [0.2, 0.25) is 0 Å². The molecule has 0 rings (SSSR count). The SMILES string of the molecule is CC/C=C\C/C=C\CCCCC(=O)OCC(COC(=O)CCCCCCCCCCCCCCCCCC)OC(=O)CCCCCCCCCCCC. The van der Waals surface area contributed by atoms with Crippen molar-refractivity contribution in [3.8, 4) is 0 Å². The van der Waals surface area contributed by atoms with Crippen molar-refractivity contribution in [3.63, 3.8) is 0 Å². The maximum atomic E-state index is 12.7. The zero-order valence-electron chi connectivity index (χ0n) is 35.3. The van der Waals surface area contributed by atoms with Gasteiger partial charge in [0.25, 0.3) is 0 Å². The number of hydrogen-bond donors (Lipinski definition) is 0. The van der Waals surface area contributed by atoms with E-state index in [1.54, 1.807) is 0 Å². The van der Waals surface area contributed by atoms with Crippen molar-refractivity contribution >= 4 is 17.9 Å². The molecular weight excluding hydrogens is 661 g/mol. The van der Waals surface area contributed by atoms with Crippen LogP contribution < -0.4 is 0 Å². The largest absolute Gasteiger partial charge is 0.462 e. The lowest BCUT2D eigenvalue weighted by molar-refractivity contribution is -0.167. The van der Waals surface area contributed by atoms with E-state index in [1.165, 1.54) is 128 Å². The Balaban J connectivity index is 4.29. The molecule has 0 heterocycles. The van der Waals surface area contributed by atoms with Gasteiger partial charge in [-0.05, 0) is 44.9 Å². The van der Waals surface area contributed by atoms with Crippen molar-refractivity contribution < 1.29 is 28.6 Å². The first kappa shape index (κ1) is 50.9. The minimum absolute atomic E-state index is 0.0774. The van der Waals surface area contributed by atoms with Crippen LogP contribution in [0.4, 0.5) is 0 Å². The molecule has 0 saturated heterocycles. The first-order valence-electron chi connectivity index (χ1n) is 22.8. The average molecular weight is 747 g/mol. The van der Waals surface area contributed by atoms with E-state index >= 15 is 0 Å². The number of unbranched alkanes of at least 4 members (excludes halogenated alkanes) is 26. The van der Waals surface area contributed by atoms with Crippen molar-refractivity contribution in [2.45, 2.75) is 245 Å². The van der Waals surface area contributed by atoms with Gasteiger partial charge in [-0.2, -0.15) is 0 Å². The summed E-state index contributed by atoms with van der Waals surface area (Å²) in [6.07, 6.45) is 46.0. The number of rotatable bonds is 41. The summed E-state index contributed by atoms with van der Waals surface area (Å²) in [7, 11) is 0. The molecule has 53 heavy (non-hydrogen) atoms. The molecule has 0 amide bonds. The predicted molar refractivity (Wildman–Crippen MR) is 224 cm³/mol. The van der Waals surface area contributed by atoms with E-state index in [1.807, 2.05) is 0 Å². The molecule has 0 spiro atoms. The highest BCUT2D eigenvalue weighted by Crippen LogP contribution is 2.15. The van der Waals surface area contributed by atoms with Gasteiger partial charge in [0.1, 0.15) is 13.2 Å². The second kappa shape index (κ2) is 42.6. The minimum Gasteiger partial charge on any atom is -0.462 e. The first-order chi connectivity index (χ1) is 26.0. The molecule has 0 aliphatic carbocycles. The highest BCUT2D eigenvalue weighted by molar-refractivity contribution is 5.71. The van der Waals surface area contributed by atoms with E-state index in [0.29, 0.717) is 19.3 Å². The van der Waals surface area contributed by atoms with Crippen LogP contribution in [0.15, 0.2) is 24.3 Å². The Bertz CT molecular complexity index is 865. The molecule has 0 aromatic rings. The number of hydrogen-bond acceptors (Lipinski definition) is 6. The quantitative estimate of drug-likeness (QED) is 0.0268. The number of carbonyl (C=O) groups is 3. The molecule has 6 nitrogen and oxygen atoms in total. The molecule has 0 aromatic carbocycles. The number of ether oxygens (including phenoxy) is 3. The highest BCUT2D eigenvalue weighted by atomic mass is 16.6. The van der Waals surface area contributed by atoms with Crippen LogP contribution in [0.25, 0.3) is 0 Å². The van der Waals surface area contributed by atoms with Gasteiger partial charge >= 0.3 is 17.9 Å². The molecule has 6 heteroatoms. The zero-order valence-corrected chi connectivity index (χ0v) is 35.3. The molecule has 0 aliphatic rings. The molecule has 0 aromatic heterocycles. The molecule has 1 atom stereocenters. The second-order valence-corrected chi connectivity index (χ2v) is 15.3. The maximum Gasteiger partial charge on any atom is 0.306 e. The Kier molecular flexibility index (Phi) is 40.9. The Hall–Kier alpha value is -2.11. The van der Waals surface area contributed by atoms with Gasteiger partial charge in [0, 0.05) is 19.3 Å². The minimum atomic E-state index is -0.775. The molecule has 0 radical (unpaired) electrons. The van der Waals surface area contributed by atoms with Gasteiger partial charge in [-0.3, -0.25) is 14.4 Å². The zero-order chi connectivity index (χ0) is 38.7. The normalized spacial score (nSPS) is 12.1. The smallest absolute Gasteiger partial charge is 0.306 e. The van der Waals surface area contributed by atoms with Crippen LogP contribution in [0.1, 0.15) is 239 Å². The van der Waals surface area contributed by atoms with Crippen molar-refractivity contribution in [1.29, 1.82) is 0 Å². The molecule has 0 aliphatic heterocycles. The third-order valence-corrected chi connectivity index (χ3v) is 9.97. The van der Waals surface area contributed by atoms with E-state index in [4.69, 9.17) is 14.2 Å². The van der Waals surface area contributed by atoms with Gasteiger partial charge in [0.15, 0.2) is 6.10 Å². The molecular formula is C47H86O6. The fourth-order valence-corrected chi connectivity index (χ4v) is 6.54. The van der Waals surface area contributed by atoms with E-state index < -0.39 is 6.10 Å². The summed E-state index contributed by atoms with van der Waals surface area (Å²) >= 11 is 0. The maximum absolute atomic E-state index is 12.7. The molecule has 310 valence electrons. The van der Waals surface area contributed by atoms with Gasteiger partial charge in [-0.25, -0.2) is 0 Å². The Morgan fingerprint density at radius 1 is 0.396 bits per heavy atom. The van der Waals surface area contributed by atoms with Gasteiger partial charge < -0.3 is 14.2 Å². The van der Waals surface area contributed by atoms with Crippen molar-refractivity contribution in [3.05, 3.63) is 24.3 Å². The molecule has 0 fully saturated rings. The second-order valence-electron chi connectivity index (χ2n) is 15.3. The van der Waals surface area contributed by atoms with Crippen molar-refractivity contribution in [1.82, 2.24) is 0 Å².